The van der Waals surface area contributed by atoms with Crippen LogP contribution in [-0.2, 0) is 0 Å². The Bertz CT molecular complexity index is 3560. The second-order valence-electron chi connectivity index (χ2n) is 15.0. The van der Waals surface area contributed by atoms with Gasteiger partial charge in [0, 0.05) is 32.8 Å². The highest BCUT2D eigenvalue weighted by molar-refractivity contribution is 6.23. The van der Waals surface area contributed by atoms with Gasteiger partial charge in [-0.05, 0) is 93.7 Å². The molecule has 0 fully saturated rings. The van der Waals surface area contributed by atoms with Crippen LogP contribution in [0.15, 0.2) is 206 Å². The molecule has 0 aliphatic heterocycles. The van der Waals surface area contributed by atoms with Gasteiger partial charge in [0.15, 0.2) is 5.82 Å². The van der Waals surface area contributed by atoms with Gasteiger partial charge in [0.25, 0.3) is 0 Å². The van der Waals surface area contributed by atoms with Crippen molar-refractivity contribution in [1.82, 2.24) is 19.1 Å². The summed E-state index contributed by atoms with van der Waals surface area (Å²) in [6, 6.07) is 73.8. The lowest BCUT2D eigenvalue weighted by molar-refractivity contribution is 1.08. The molecule has 58 heavy (non-hydrogen) atoms. The van der Waals surface area contributed by atoms with E-state index in [4.69, 9.17) is 9.97 Å². The normalized spacial score (nSPS) is 11.8. The Morgan fingerprint density at radius 1 is 0.328 bits per heavy atom. The Morgan fingerprint density at radius 3 is 1.66 bits per heavy atom. The van der Waals surface area contributed by atoms with Crippen LogP contribution in [0.1, 0.15) is 0 Å². The van der Waals surface area contributed by atoms with Crippen LogP contribution < -0.4 is 0 Å². The first-order chi connectivity index (χ1) is 28.8. The quantitative estimate of drug-likeness (QED) is 0.176. The number of hydrogen-bond acceptors (Lipinski definition) is 2. The summed E-state index contributed by atoms with van der Waals surface area (Å²) in [5, 5.41) is 7.20. The molecular formula is C54H34N4. The summed E-state index contributed by atoms with van der Waals surface area (Å²) in [6.45, 7) is 0. The van der Waals surface area contributed by atoms with Gasteiger partial charge in [-0.3, -0.25) is 4.57 Å². The van der Waals surface area contributed by atoms with Crippen LogP contribution in [-0.4, -0.2) is 19.1 Å². The van der Waals surface area contributed by atoms with Gasteiger partial charge < -0.3 is 4.57 Å². The molecule has 9 aromatic carbocycles. The van der Waals surface area contributed by atoms with Crippen LogP contribution in [0.5, 0.6) is 0 Å². The van der Waals surface area contributed by atoms with Gasteiger partial charge >= 0.3 is 0 Å². The van der Waals surface area contributed by atoms with Gasteiger partial charge in [-0.15, -0.1) is 0 Å². The van der Waals surface area contributed by atoms with E-state index in [9.17, 15) is 0 Å². The Morgan fingerprint density at radius 2 is 0.879 bits per heavy atom. The first kappa shape index (κ1) is 32.4. The minimum absolute atomic E-state index is 0.801. The monoisotopic (exact) mass is 738 g/mol. The van der Waals surface area contributed by atoms with Gasteiger partial charge in [0.2, 0.25) is 0 Å². The number of para-hydroxylation sites is 4. The predicted octanol–water partition coefficient (Wildman–Crippen LogP) is 14.0. The zero-order valence-electron chi connectivity index (χ0n) is 31.4. The fraction of sp³-hybridized carbons (Fsp3) is 0. The smallest absolute Gasteiger partial charge is 0.165 e. The minimum atomic E-state index is 0.801. The molecule has 0 radical (unpaired) electrons. The molecule has 0 aliphatic rings. The molecule has 3 aromatic heterocycles. The molecule has 4 nitrogen and oxygen atoms in total. The number of rotatable bonds is 5. The van der Waals surface area contributed by atoms with Gasteiger partial charge in [-0.25, -0.2) is 9.97 Å². The van der Waals surface area contributed by atoms with Crippen molar-refractivity contribution in [2.24, 2.45) is 0 Å². The fourth-order valence-corrected chi connectivity index (χ4v) is 9.12. The highest BCUT2D eigenvalue weighted by Gasteiger charge is 2.24. The molecule has 12 aromatic rings. The van der Waals surface area contributed by atoms with Crippen molar-refractivity contribution >= 4 is 65.4 Å². The molecule has 12 rings (SSSR count). The van der Waals surface area contributed by atoms with E-state index in [2.05, 4.69) is 203 Å². The largest absolute Gasteiger partial charge is 0.309 e. The molecule has 4 heteroatoms. The lowest BCUT2D eigenvalue weighted by atomic mass is 9.95. The van der Waals surface area contributed by atoms with Gasteiger partial charge in [0.1, 0.15) is 5.69 Å². The van der Waals surface area contributed by atoms with Crippen LogP contribution in [0, 0.1) is 0 Å². The van der Waals surface area contributed by atoms with Crippen LogP contribution in [0.2, 0.25) is 0 Å². The van der Waals surface area contributed by atoms with Crippen molar-refractivity contribution in [2.75, 3.05) is 0 Å². The lowest BCUT2D eigenvalue weighted by Gasteiger charge is -2.15. The van der Waals surface area contributed by atoms with Crippen LogP contribution in [0.4, 0.5) is 0 Å². The number of hydrogen-bond donors (Lipinski definition) is 0. The first-order valence-electron chi connectivity index (χ1n) is 19.8. The Labute approximate surface area is 334 Å². The van der Waals surface area contributed by atoms with E-state index in [-0.39, 0.29) is 0 Å². The molecule has 0 saturated carbocycles. The zero-order valence-corrected chi connectivity index (χ0v) is 31.4. The topological polar surface area (TPSA) is 35.6 Å². The summed E-state index contributed by atoms with van der Waals surface area (Å²) in [6.07, 6.45) is 0. The third kappa shape index (κ3) is 4.95. The second kappa shape index (κ2) is 12.9. The van der Waals surface area contributed by atoms with Crippen LogP contribution >= 0.6 is 0 Å². The van der Waals surface area contributed by atoms with E-state index in [0.29, 0.717) is 0 Å². The molecule has 0 N–H and O–H groups in total. The SMILES string of the molecule is c1ccc(-c2cccc(-c3nc4ccccc4nc3-n3c4cc5ccccc5cc4c4c(-c5cccc6c5c5ccccc5n6-c5ccccc5)cccc43)c2)cc1. The van der Waals surface area contributed by atoms with E-state index in [0.717, 1.165) is 56.0 Å². The average Bonchev–Trinajstić information content (AvgIpc) is 3.81. The molecule has 0 unspecified atom stereocenters. The highest BCUT2D eigenvalue weighted by Crippen LogP contribution is 2.45. The Kier molecular flexibility index (Phi) is 7.20. The summed E-state index contributed by atoms with van der Waals surface area (Å²) in [5.41, 5.74) is 13.9. The molecule has 0 saturated heterocycles. The molecular weight excluding hydrogens is 705 g/mol. The Hall–Kier alpha value is -7.82. The maximum absolute atomic E-state index is 5.50. The number of nitrogens with zero attached hydrogens (tertiary/aromatic N) is 4. The van der Waals surface area contributed by atoms with E-state index in [1.165, 1.54) is 54.5 Å². The van der Waals surface area contributed by atoms with Gasteiger partial charge in [-0.1, -0.05) is 146 Å². The molecule has 0 amide bonds. The van der Waals surface area contributed by atoms with Crippen LogP contribution in [0.3, 0.4) is 0 Å². The maximum atomic E-state index is 5.50. The average molecular weight is 739 g/mol. The van der Waals surface area contributed by atoms with E-state index in [1.807, 2.05) is 12.1 Å². The molecule has 0 atom stereocenters. The molecule has 0 spiro atoms. The number of aromatic nitrogens is 4. The van der Waals surface area contributed by atoms with Gasteiger partial charge in [0.05, 0.1) is 33.1 Å². The minimum Gasteiger partial charge on any atom is -0.309 e. The summed E-state index contributed by atoms with van der Waals surface area (Å²) >= 11 is 0. The van der Waals surface area contributed by atoms with E-state index >= 15 is 0 Å². The zero-order chi connectivity index (χ0) is 38.2. The number of benzene rings is 9. The van der Waals surface area contributed by atoms with Crippen molar-refractivity contribution in [3.63, 3.8) is 0 Å². The van der Waals surface area contributed by atoms with E-state index < -0.39 is 0 Å². The summed E-state index contributed by atoms with van der Waals surface area (Å²) in [7, 11) is 0. The Balaban J connectivity index is 1.20. The number of fused-ring (bicyclic) bond motifs is 8. The maximum Gasteiger partial charge on any atom is 0.165 e. The molecule has 0 bridgehead atoms. The lowest BCUT2D eigenvalue weighted by Crippen LogP contribution is -2.04. The van der Waals surface area contributed by atoms with Gasteiger partial charge in [-0.2, -0.15) is 0 Å². The van der Waals surface area contributed by atoms with Crippen molar-refractivity contribution in [2.45, 2.75) is 0 Å². The van der Waals surface area contributed by atoms with Crippen molar-refractivity contribution in [3.05, 3.63) is 206 Å². The summed E-state index contributed by atoms with van der Waals surface area (Å²) < 4.78 is 4.75. The van der Waals surface area contributed by atoms with Crippen molar-refractivity contribution < 1.29 is 0 Å². The third-order valence-electron chi connectivity index (χ3n) is 11.7. The predicted molar refractivity (Wildman–Crippen MR) is 242 cm³/mol. The third-order valence-corrected chi connectivity index (χ3v) is 11.7. The second-order valence-corrected chi connectivity index (χ2v) is 15.0. The van der Waals surface area contributed by atoms with Crippen molar-refractivity contribution in [3.8, 4) is 45.0 Å². The fourth-order valence-electron chi connectivity index (χ4n) is 9.12. The van der Waals surface area contributed by atoms with Crippen molar-refractivity contribution in [1.29, 1.82) is 0 Å². The standard InChI is InChI=1S/C54H34N4/c1-3-16-35(17-4-1)36-20-13-21-39(32-36)53-54(56-46-28-11-10-27-45(46)55-53)58-49-31-15-26-42(52(49)44-33-37-18-7-8-19-38(37)34-50(44)58)41-25-14-30-48-51(41)43-24-9-12-29-47(43)57(48)40-22-5-2-6-23-40/h1-34H. The highest BCUT2D eigenvalue weighted by atomic mass is 15.1. The summed E-state index contributed by atoms with van der Waals surface area (Å²) in [4.78, 5) is 10.9. The molecule has 0 aliphatic carbocycles. The molecule has 3 heterocycles. The summed E-state index contributed by atoms with van der Waals surface area (Å²) in [5.74, 6) is 0.801. The van der Waals surface area contributed by atoms with Crippen LogP contribution in [0.25, 0.3) is 110 Å². The van der Waals surface area contributed by atoms with E-state index in [1.54, 1.807) is 0 Å². The molecule has 270 valence electrons. The first-order valence-corrected chi connectivity index (χ1v) is 19.8.